The SMILES string of the molecule is COc1ccc([C@]2(c3ccncc3)[C@@H]3C(=O)N(c4cc(Cl)cc(Cl)c4)C(=O)[C@@]32C)cc1. The number of rotatable bonds is 4. The van der Waals surface area contributed by atoms with Gasteiger partial charge >= 0.3 is 0 Å². The van der Waals surface area contributed by atoms with Gasteiger partial charge in [-0.2, -0.15) is 0 Å². The van der Waals surface area contributed by atoms with E-state index in [-0.39, 0.29) is 11.8 Å². The van der Waals surface area contributed by atoms with Gasteiger partial charge in [-0.1, -0.05) is 35.3 Å². The van der Waals surface area contributed by atoms with Gasteiger partial charge in [-0.15, -0.1) is 0 Å². The molecule has 31 heavy (non-hydrogen) atoms. The van der Waals surface area contributed by atoms with Gasteiger partial charge in [0.05, 0.1) is 24.1 Å². The summed E-state index contributed by atoms with van der Waals surface area (Å²) in [6.45, 7) is 1.86. The molecule has 1 aliphatic heterocycles. The molecule has 5 rings (SSSR count). The van der Waals surface area contributed by atoms with E-state index >= 15 is 0 Å². The zero-order valence-electron chi connectivity index (χ0n) is 16.8. The third-order valence-corrected chi connectivity index (χ3v) is 7.08. The van der Waals surface area contributed by atoms with Gasteiger partial charge in [0.15, 0.2) is 0 Å². The van der Waals surface area contributed by atoms with Crippen LogP contribution in [0.15, 0.2) is 67.0 Å². The van der Waals surface area contributed by atoms with Crippen LogP contribution >= 0.6 is 23.2 Å². The fourth-order valence-corrected chi connectivity index (χ4v) is 5.80. The fourth-order valence-electron chi connectivity index (χ4n) is 5.29. The molecule has 0 N–H and O–H groups in total. The number of nitrogens with zero attached hydrogens (tertiary/aromatic N) is 2. The van der Waals surface area contributed by atoms with Crippen LogP contribution < -0.4 is 9.64 Å². The molecular formula is C24H18Cl2N2O3. The number of hydrogen-bond donors (Lipinski definition) is 0. The van der Waals surface area contributed by atoms with Crippen LogP contribution in [0, 0.1) is 11.3 Å². The minimum Gasteiger partial charge on any atom is -0.497 e. The lowest BCUT2D eigenvalue weighted by Crippen LogP contribution is -2.42. The minimum absolute atomic E-state index is 0.265. The number of ether oxygens (including phenoxy) is 1. The Labute approximate surface area is 189 Å². The maximum absolute atomic E-state index is 13.8. The maximum Gasteiger partial charge on any atom is 0.241 e. The third kappa shape index (κ3) is 2.54. The monoisotopic (exact) mass is 452 g/mol. The van der Waals surface area contributed by atoms with E-state index in [2.05, 4.69) is 4.98 Å². The van der Waals surface area contributed by atoms with E-state index < -0.39 is 16.7 Å². The van der Waals surface area contributed by atoms with Crippen molar-refractivity contribution in [1.82, 2.24) is 4.98 Å². The van der Waals surface area contributed by atoms with E-state index in [1.165, 1.54) is 4.90 Å². The average molecular weight is 453 g/mol. The Morgan fingerprint density at radius 2 is 1.52 bits per heavy atom. The molecule has 1 saturated heterocycles. The Kier molecular flexibility index (Phi) is 4.40. The van der Waals surface area contributed by atoms with Crippen molar-refractivity contribution in [3.63, 3.8) is 0 Å². The molecule has 0 unspecified atom stereocenters. The zero-order chi connectivity index (χ0) is 22.0. The number of carbonyl (C=O) groups is 2. The average Bonchev–Trinajstić information content (AvgIpc) is 3.28. The summed E-state index contributed by atoms with van der Waals surface area (Å²) in [5, 5.41) is 0.730. The van der Waals surface area contributed by atoms with Crippen molar-refractivity contribution in [2.24, 2.45) is 11.3 Å². The molecule has 2 fully saturated rings. The van der Waals surface area contributed by atoms with Crippen molar-refractivity contribution >= 4 is 40.7 Å². The number of fused-ring (bicyclic) bond motifs is 1. The zero-order valence-corrected chi connectivity index (χ0v) is 18.3. The summed E-state index contributed by atoms with van der Waals surface area (Å²) < 4.78 is 5.29. The van der Waals surface area contributed by atoms with Gasteiger partial charge in [-0.05, 0) is 60.5 Å². The number of carbonyl (C=O) groups excluding carboxylic acids is 2. The van der Waals surface area contributed by atoms with Crippen LogP contribution in [0.3, 0.4) is 0 Å². The van der Waals surface area contributed by atoms with Gasteiger partial charge < -0.3 is 4.74 Å². The first kappa shape index (κ1) is 20.0. The van der Waals surface area contributed by atoms with Crippen LogP contribution in [0.2, 0.25) is 10.0 Å². The summed E-state index contributed by atoms with van der Waals surface area (Å²) in [6, 6.07) is 16.0. The summed E-state index contributed by atoms with van der Waals surface area (Å²) in [6.07, 6.45) is 3.36. The van der Waals surface area contributed by atoms with Gasteiger partial charge in [-0.3, -0.25) is 14.6 Å². The number of hydrogen-bond acceptors (Lipinski definition) is 4. The first-order valence-corrected chi connectivity index (χ1v) is 10.5. The summed E-state index contributed by atoms with van der Waals surface area (Å²) >= 11 is 12.3. The predicted octanol–water partition coefficient (Wildman–Crippen LogP) is 4.89. The number of pyridine rings is 1. The van der Waals surface area contributed by atoms with E-state index in [9.17, 15) is 9.59 Å². The smallest absolute Gasteiger partial charge is 0.241 e. The van der Waals surface area contributed by atoms with Gasteiger partial charge in [-0.25, -0.2) is 4.90 Å². The predicted molar refractivity (Wildman–Crippen MR) is 119 cm³/mol. The summed E-state index contributed by atoms with van der Waals surface area (Å²) in [5.41, 5.74) is 0.423. The van der Waals surface area contributed by atoms with E-state index in [4.69, 9.17) is 27.9 Å². The van der Waals surface area contributed by atoms with Crippen molar-refractivity contribution in [3.05, 3.63) is 88.2 Å². The second kappa shape index (κ2) is 6.81. The van der Waals surface area contributed by atoms with Crippen LogP contribution in [0.1, 0.15) is 18.1 Å². The number of anilines is 1. The van der Waals surface area contributed by atoms with E-state index in [1.807, 2.05) is 43.3 Å². The highest BCUT2D eigenvalue weighted by atomic mass is 35.5. The van der Waals surface area contributed by atoms with Gasteiger partial charge in [0.25, 0.3) is 0 Å². The topological polar surface area (TPSA) is 59.5 Å². The molecule has 1 saturated carbocycles. The Bertz CT molecular complexity index is 1200. The van der Waals surface area contributed by atoms with Gasteiger partial charge in [0, 0.05) is 27.9 Å². The molecule has 5 nitrogen and oxygen atoms in total. The standard InChI is InChI=1S/C24H18Cl2N2O3/c1-23-20(21(29)28(22(23)30)18-12-16(25)11-17(26)13-18)24(23,15-7-9-27-10-8-15)14-3-5-19(31-2)6-4-14/h3-13,20H,1-2H3/t20-,23-,24+/m1/s1. The first-order valence-electron chi connectivity index (χ1n) is 9.75. The summed E-state index contributed by atoms with van der Waals surface area (Å²) in [4.78, 5) is 32.7. The lowest BCUT2D eigenvalue weighted by molar-refractivity contribution is -0.125. The Morgan fingerprint density at radius 1 is 0.935 bits per heavy atom. The number of piperidine rings is 1. The molecule has 0 radical (unpaired) electrons. The van der Waals surface area contributed by atoms with Crippen molar-refractivity contribution in [1.29, 1.82) is 0 Å². The highest BCUT2D eigenvalue weighted by molar-refractivity contribution is 6.36. The van der Waals surface area contributed by atoms with Crippen molar-refractivity contribution in [3.8, 4) is 5.75 Å². The van der Waals surface area contributed by atoms with Crippen molar-refractivity contribution in [2.75, 3.05) is 12.0 Å². The lowest BCUT2D eigenvalue weighted by Gasteiger charge is -2.29. The first-order chi connectivity index (χ1) is 14.9. The van der Waals surface area contributed by atoms with E-state index in [0.717, 1.165) is 11.1 Å². The van der Waals surface area contributed by atoms with Crippen LogP contribution in [0.5, 0.6) is 5.75 Å². The number of benzene rings is 2. The number of imide groups is 1. The van der Waals surface area contributed by atoms with Crippen LogP contribution in [0.25, 0.3) is 0 Å². The molecule has 2 heterocycles. The summed E-state index contributed by atoms with van der Waals surface area (Å²) in [5.74, 6) is -0.384. The highest BCUT2D eigenvalue weighted by Crippen LogP contribution is 2.76. The Hall–Kier alpha value is -2.89. The maximum atomic E-state index is 13.8. The molecule has 7 heteroatoms. The largest absolute Gasteiger partial charge is 0.497 e. The molecular weight excluding hydrogens is 435 g/mol. The molecule has 0 bridgehead atoms. The second-order valence-electron chi connectivity index (χ2n) is 8.01. The van der Waals surface area contributed by atoms with Crippen LogP contribution in [-0.2, 0) is 15.0 Å². The van der Waals surface area contributed by atoms with Crippen LogP contribution in [0.4, 0.5) is 5.69 Å². The second-order valence-corrected chi connectivity index (χ2v) is 8.89. The summed E-state index contributed by atoms with van der Waals surface area (Å²) in [7, 11) is 1.60. The molecule has 1 aliphatic carbocycles. The van der Waals surface area contributed by atoms with Crippen molar-refractivity contribution < 1.29 is 14.3 Å². The Balaban J connectivity index is 1.66. The Morgan fingerprint density at radius 3 is 2.03 bits per heavy atom. The third-order valence-electron chi connectivity index (χ3n) is 6.65. The fraction of sp³-hybridized carbons (Fsp3) is 0.208. The molecule has 3 atom stereocenters. The van der Waals surface area contributed by atoms with Crippen LogP contribution in [-0.4, -0.2) is 23.9 Å². The van der Waals surface area contributed by atoms with Crippen molar-refractivity contribution in [2.45, 2.75) is 12.3 Å². The molecule has 2 amide bonds. The molecule has 2 aromatic carbocycles. The number of halogens is 2. The molecule has 0 spiro atoms. The normalized spacial score (nSPS) is 26.7. The molecule has 3 aromatic rings. The molecule has 156 valence electrons. The van der Waals surface area contributed by atoms with E-state index in [1.54, 1.807) is 37.7 Å². The number of methoxy groups -OCH3 is 1. The van der Waals surface area contributed by atoms with Gasteiger partial charge in [0.1, 0.15) is 5.75 Å². The quantitative estimate of drug-likeness (QED) is 0.528. The van der Waals surface area contributed by atoms with Gasteiger partial charge in [0.2, 0.25) is 11.8 Å². The number of aromatic nitrogens is 1. The van der Waals surface area contributed by atoms with E-state index in [0.29, 0.717) is 21.5 Å². The molecule has 2 aliphatic rings. The lowest BCUT2D eigenvalue weighted by atomic mass is 9.79. The number of amides is 2. The minimum atomic E-state index is -0.950. The highest BCUT2D eigenvalue weighted by Gasteiger charge is 2.86. The molecule has 1 aromatic heterocycles.